The Bertz CT molecular complexity index is 541. The third-order valence-electron chi connectivity index (χ3n) is 2.12. The quantitative estimate of drug-likeness (QED) is 0.648. The third-order valence-corrected chi connectivity index (χ3v) is 3.09. The summed E-state index contributed by atoms with van der Waals surface area (Å²) in [6, 6.07) is 11.9. The number of nitrogens with zero attached hydrogens (tertiary/aromatic N) is 1. The molecule has 0 amide bonds. The summed E-state index contributed by atoms with van der Waals surface area (Å²) in [4.78, 5) is 4.98. The van der Waals surface area contributed by atoms with Gasteiger partial charge < -0.3 is 5.73 Å². The van der Waals surface area contributed by atoms with Crippen LogP contribution < -0.4 is 5.73 Å². The second-order valence-corrected chi connectivity index (χ2v) is 4.39. The number of rotatable bonds is 2. The van der Waals surface area contributed by atoms with E-state index in [4.69, 9.17) is 5.73 Å². The summed E-state index contributed by atoms with van der Waals surface area (Å²) >= 11 is 1.63. The van der Waals surface area contributed by atoms with Crippen molar-refractivity contribution in [1.29, 1.82) is 0 Å². The zero-order chi connectivity index (χ0) is 11.9. The average molecular weight is 240 g/mol. The van der Waals surface area contributed by atoms with E-state index in [9.17, 15) is 0 Å². The van der Waals surface area contributed by atoms with E-state index in [0.717, 1.165) is 16.2 Å². The Morgan fingerprint density at radius 2 is 2.00 bits per heavy atom. The van der Waals surface area contributed by atoms with Crippen LogP contribution in [0.15, 0.2) is 53.7 Å². The molecule has 17 heavy (non-hydrogen) atoms. The van der Waals surface area contributed by atoms with Gasteiger partial charge in [-0.15, -0.1) is 11.8 Å². The van der Waals surface area contributed by atoms with Crippen molar-refractivity contribution in [3.05, 3.63) is 54.4 Å². The molecule has 0 aliphatic heterocycles. The van der Waals surface area contributed by atoms with Crippen molar-refractivity contribution >= 4 is 17.4 Å². The number of anilines is 1. The minimum absolute atomic E-state index is 0.707. The Hall–Kier alpha value is -1.92. The molecule has 1 aromatic carbocycles. The van der Waals surface area contributed by atoms with E-state index in [-0.39, 0.29) is 0 Å². The van der Waals surface area contributed by atoms with Crippen LogP contribution in [0.3, 0.4) is 0 Å². The van der Waals surface area contributed by atoms with Crippen molar-refractivity contribution in [2.75, 3.05) is 11.5 Å². The lowest BCUT2D eigenvalue weighted by Crippen LogP contribution is -1.89. The van der Waals surface area contributed by atoms with Gasteiger partial charge in [-0.3, -0.25) is 4.98 Å². The van der Waals surface area contributed by atoms with Crippen LogP contribution in [0.1, 0.15) is 5.56 Å². The molecule has 1 heterocycles. The number of hydrogen-bond donors (Lipinski definition) is 1. The zero-order valence-electron chi connectivity index (χ0n) is 9.26. The first-order chi connectivity index (χ1) is 8.36. The molecule has 0 unspecified atom stereocenters. The monoisotopic (exact) mass is 240 g/mol. The van der Waals surface area contributed by atoms with Crippen LogP contribution in [0, 0.1) is 11.8 Å². The highest BCUT2D eigenvalue weighted by Gasteiger charge is 1.96. The minimum atomic E-state index is 0.707. The van der Waals surface area contributed by atoms with Crippen molar-refractivity contribution < 1.29 is 0 Å². The van der Waals surface area contributed by atoms with Crippen molar-refractivity contribution in [3.63, 3.8) is 0 Å². The van der Waals surface area contributed by atoms with Gasteiger partial charge in [0.1, 0.15) is 0 Å². The second kappa shape index (κ2) is 5.97. The largest absolute Gasteiger partial charge is 0.397 e. The van der Waals surface area contributed by atoms with Gasteiger partial charge in [-0.05, 0) is 18.2 Å². The van der Waals surface area contributed by atoms with Crippen molar-refractivity contribution in [2.24, 2.45) is 0 Å². The van der Waals surface area contributed by atoms with Crippen LogP contribution in [0.25, 0.3) is 0 Å². The number of aromatic nitrogens is 1. The molecule has 0 bridgehead atoms. The summed E-state index contributed by atoms with van der Waals surface area (Å²) in [6.45, 7) is 0. The molecule has 0 saturated carbocycles. The minimum Gasteiger partial charge on any atom is -0.397 e. The van der Waals surface area contributed by atoms with Crippen LogP contribution >= 0.6 is 11.8 Å². The van der Waals surface area contributed by atoms with Gasteiger partial charge in [0.2, 0.25) is 0 Å². The standard InChI is InChI=1S/C14H12N2S/c15-13-11-16-9-8-14(13)17-10-4-7-12-5-2-1-3-6-12/h1-3,5-6,8-9,11H,10,15H2. The predicted molar refractivity (Wildman–Crippen MR) is 72.7 cm³/mol. The third kappa shape index (κ3) is 3.54. The molecule has 0 aliphatic carbocycles. The molecule has 2 nitrogen and oxygen atoms in total. The summed E-state index contributed by atoms with van der Waals surface area (Å²) < 4.78 is 0. The Kier molecular flexibility index (Phi) is 4.06. The first-order valence-electron chi connectivity index (χ1n) is 5.22. The first kappa shape index (κ1) is 11.6. The van der Waals surface area contributed by atoms with E-state index in [1.54, 1.807) is 24.2 Å². The zero-order valence-corrected chi connectivity index (χ0v) is 10.1. The second-order valence-electron chi connectivity index (χ2n) is 3.37. The smallest absolute Gasteiger partial charge is 0.0639 e. The van der Waals surface area contributed by atoms with Crippen molar-refractivity contribution in [2.45, 2.75) is 4.90 Å². The molecular formula is C14H12N2S. The lowest BCUT2D eigenvalue weighted by molar-refractivity contribution is 1.27. The maximum atomic E-state index is 5.78. The summed E-state index contributed by atoms with van der Waals surface area (Å²) in [6.07, 6.45) is 3.40. The van der Waals surface area contributed by atoms with Gasteiger partial charge in [0.05, 0.1) is 17.6 Å². The highest BCUT2D eigenvalue weighted by atomic mass is 32.2. The predicted octanol–water partition coefficient (Wildman–Crippen LogP) is 2.81. The summed E-state index contributed by atoms with van der Waals surface area (Å²) in [5.74, 6) is 6.95. The number of thioether (sulfide) groups is 1. The highest BCUT2D eigenvalue weighted by Crippen LogP contribution is 2.22. The SMILES string of the molecule is Nc1cnccc1SCC#Cc1ccccc1. The van der Waals surface area contributed by atoms with Crippen molar-refractivity contribution in [3.8, 4) is 11.8 Å². The Labute approximate surface area is 105 Å². The van der Waals surface area contributed by atoms with Gasteiger partial charge in [-0.1, -0.05) is 30.0 Å². The normalized spacial score (nSPS) is 9.41. The Morgan fingerprint density at radius 1 is 1.18 bits per heavy atom. The maximum absolute atomic E-state index is 5.78. The van der Waals surface area contributed by atoms with E-state index in [0.29, 0.717) is 5.69 Å². The van der Waals surface area contributed by atoms with Gasteiger partial charge in [0.15, 0.2) is 0 Å². The number of nitrogens with two attached hydrogens (primary N) is 1. The summed E-state index contributed by atoms with van der Waals surface area (Å²) in [5, 5.41) is 0. The van der Waals surface area contributed by atoms with Crippen LogP contribution in [0.5, 0.6) is 0 Å². The van der Waals surface area contributed by atoms with Crippen LogP contribution in [-0.2, 0) is 0 Å². The Morgan fingerprint density at radius 3 is 2.76 bits per heavy atom. The molecule has 0 spiro atoms. The van der Waals surface area contributed by atoms with E-state index in [1.165, 1.54) is 0 Å². The molecular weight excluding hydrogens is 228 g/mol. The number of benzene rings is 1. The molecule has 2 aromatic rings. The fourth-order valence-corrected chi connectivity index (χ4v) is 1.98. The van der Waals surface area contributed by atoms with Gasteiger partial charge in [0.25, 0.3) is 0 Å². The lowest BCUT2D eigenvalue weighted by Gasteiger charge is -2.00. The number of hydrogen-bond acceptors (Lipinski definition) is 3. The molecule has 1 aromatic heterocycles. The first-order valence-corrected chi connectivity index (χ1v) is 6.21. The van der Waals surface area contributed by atoms with E-state index < -0.39 is 0 Å². The van der Waals surface area contributed by atoms with Gasteiger partial charge in [0, 0.05) is 16.7 Å². The molecule has 0 saturated heterocycles. The van der Waals surface area contributed by atoms with Gasteiger partial charge in [-0.25, -0.2) is 0 Å². The maximum Gasteiger partial charge on any atom is 0.0639 e. The molecule has 84 valence electrons. The van der Waals surface area contributed by atoms with Gasteiger partial charge >= 0.3 is 0 Å². The molecule has 0 atom stereocenters. The van der Waals surface area contributed by atoms with Crippen molar-refractivity contribution in [1.82, 2.24) is 4.98 Å². The van der Waals surface area contributed by atoms with Crippen LogP contribution in [-0.4, -0.2) is 10.7 Å². The fraction of sp³-hybridized carbons (Fsp3) is 0.0714. The van der Waals surface area contributed by atoms with E-state index in [1.807, 2.05) is 36.4 Å². The number of nitrogen functional groups attached to an aromatic ring is 1. The summed E-state index contributed by atoms with van der Waals surface area (Å²) in [5.41, 5.74) is 7.53. The topological polar surface area (TPSA) is 38.9 Å². The van der Waals surface area contributed by atoms with Crippen LogP contribution in [0.4, 0.5) is 5.69 Å². The van der Waals surface area contributed by atoms with Gasteiger partial charge in [-0.2, -0.15) is 0 Å². The Balaban J connectivity index is 1.93. The van der Waals surface area contributed by atoms with E-state index in [2.05, 4.69) is 16.8 Å². The molecule has 2 rings (SSSR count). The molecule has 3 heteroatoms. The molecule has 0 fully saturated rings. The number of pyridine rings is 1. The molecule has 0 radical (unpaired) electrons. The molecule has 2 N–H and O–H groups in total. The average Bonchev–Trinajstić information content (AvgIpc) is 2.38. The highest BCUT2D eigenvalue weighted by molar-refractivity contribution is 7.99. The summed E-state index contributed by atoms with van der Waals surface area (Å²) in [7, 11) is 0. The van der Waals surface area contributed by atoms with E-state index >= 15 is 0 Å². The fourth-order valence-electron chi connectivity index (χ4n) is 1.30. The van der Waals surface area contributed by atoms with Crippen LogP contribution in [0.2, 0.25) is 0 Å². The lowest BCUT2D eigenvalue weighted by atomic mass is 10.2. The molecule has 0 aliphatic rings.